The van der Waals surface area contributed by atoms with Gasteiger partial charge in [0.25, 0.3) is 0 Å². The van der Waals surface area contributed by atoms with Crippen molar-refractivity contribution >= 4 is 23.3 Å². The highest BCUT2D eigenvalue weighted by Gasteiger charge is 2.19. The molecular formula is C16H15NO5. The fraction of sp³-hybridized carbons (Fsp3) is 0.125. The van der Waals surface area contributed by atoms with Crippen LogP contribution in [0.1, 0.15) is 20.7 Å². The second-order valence-electron chi connectivity index (χ2n) is 4.35. The monoisotopic (exact) mass is 301 g/mol. The smallest absolute Gasteiger partial charge is 0.343 e. The predicted octanol–water partition coefficient (Wildman–Crippen LogP) is 2.92. The van der Waals surface area contributed by atoms with Crippen LogP contribution in [-0.2, 0) is 4.74 Å². The number of carbonyl (C=O) groups excluding carboxylic acids is 1. The van der Waals surface area contributed by atoms with E-state index in [1.54, 1.807) is 36.4 Å². The fourth-order valence-electron chi connectivity index (χ4n) is 2.04. The lowest BCUT2D eigenvalue weighted by atomic mass is 10.1. The van der Waals surface area contributed by atoms with Gasteiger partial charge < -0.3 is 19.9 Å². The standard InChI is InChI=1S/C16H15NO5/c1-21-13-9-5-8-12(14(13)16(20)22-2)17-11-7-4-3-6-10(11)15(18)19/h3-9,17H,1-2H3,(H,18,19). The summed E-state index contributed by atoms with van der Waals surface area (Å²) in [5, 5.41) is 12.2. The number of anilines is 2. The molecule has 0 radical (unpaired) electrons. The van der Waals surface area contributed by atoms with E-state index in [1.807, 2.05) is 0 Å². The molecule has 0 fully saturated rings. The quantitative estimate of drug-likeness (QED) is 0.826. The fourth-order valence-corrected chi connectivity index (χ4v) is 2.04. The van der Waals surface area contributed by atoms with Crippen LogP contribution < -0.4 is 10.1 Å². The number of rotatable bonds is 5. The molecule has 0 aromatic heterocycles. The third-order valence-corrected chi connectivity index (χ3v) is 3.06. The molecule has 2 aromatic carbocycles. The van der Waals surface area contributed by atoms with E-state index in [-0.39, 0.29) is 11.1 Å². The number of ether oxygens (including phenoxy) is 2. The molecule has 0 spiro atoms. The molecule has 0 saturated carbocycles. The molecule has 0 aliphatic heterocycles. The molecule has 2 rings (SSSR count). The lowest BCUT2D eigenvalue weighted by molar-refractivity contribution is 0.0597. The Labute approximate surface area is 127 Å². The van der Waals surface area contributed by atoms with Gasteiger partial charge in [0.15, 0.2) is 0 Å². The molecule has 0 amide bonds. The van der Waals surface area contributed by atoms with E-state index in [4.69, 9.17) is 9.47 Å². The highest BCUT2D eigenvalue weighted by molar-refractivity contribution is 6.01. The lowest BCUT2D eigenvalue weighted by Gasteiger charge is -2.15. The largest absolute Gasteiger partial charge is 0.496 e. The molecule has 6 nitrogen and oxygen atoms in total. The number of hydrogen-bond donors (Lipinski definition) is 2. The Hall–Kier alpha value is -3.02. The van der Waals surface area contributed by atoms with Crippen LogP contribution in [0.4, 0.5) is 11.4 Å². The first-order valence-electron chi connectivity index (χ1n) is 6.43. The highest BCUT2D eigenvalue weighted by Crippen LogP contribution is 2.30. The van der Waals surface area contributed by atoms with Crippen molar-refractivity contribution in [3.05, 3.63) is 53.6 Å². The van der Waals surface area contributed by atoms with Gasteiger partial charge >= 0.3 is 11.9 Å². The number of esters is 1. The summed E-state index contributed by atoms with van der Waals surface area (Å²) in [6.45, 7) is 0. The van der Waals surface area contributed by atoms with Gasteiger partial charge in [-0.25, -0.2) is 9.59 Å². The Morgan fingerprint density at radius 2 is 1.68 bits per heavy atom. The first-order valence-corrected chi connectivity index (χ1v) is 6.43. The van der Waals surface area contributed by atoms with Crippen LogP contribution in [-0.4, -0.2) is 31.3 Å². The number of nitrogens with one attached hydrogen (secondary N) is 1. The Bertz CT molecular complexity index is 711. The first-order chi connectivity index (χ1) is 10.6. The van der Waals surface area contributed by atoms with Crippen LogP contribution in [0.15, 0.2) is 42.5 Å². The van der Waals surface area contributed by atoms with Crippen molar-refractivity contribution < 1.29 is 24.2 Å². The average molecular weight is 301 g/mol. The summed E-state index contributed by atoms with van der Waals surface area (Å²) in [7, 11) is 2.71. The van der Waals surface area contributed by atoms with Crippen molar-refractivity contribution in [1.82, 2.24) is 0 Å². The summed E-state index contributed by atoms with van der Waals surface area (Å²) in [6, 6.07) is 11.4. The molecule has 22 heavy (non-hydrogen) atoms. The summed E-state index contributed by atoms with van der Waals surface area (Å²) < 4.78 is 9.93. The van der Waals surface area contributed by atoms with Gasteiger partial charge in [0.1, 0.15) is 11.3 Å². The maximum absolute atomic E-state index is 12.0. The molecule has 0 saturated heterocycles. The third-order valence-electron chi connectivity index (χ3n) is 3.06. The van der Waals surface area contributed by atoms with Gasteiger partial charge in [0.2, 0.25) is 0 Å². The van der Waals surface area contributed by atoms with Crippen molar-refractivity contribution in [2.45, 2.75) is 0 Å². The normalized spacial score (nSPS) is 9.91. The van der Waals surface area contributed by atoms with Gasteiger partial charge in [0.05, 0.1) is 31.2 Å². The SMILES string of the molecule is COC(=O)c1c(Nc2ccccc2C(=O)O)cccc1OC. The molecule has 0 atom stereocenters. The van der Waals surface area contributed by atoms with Gasteiger partial charge in [0, 0.05) is 0 Å². The Morgan fingerprint density at radius 1 is 1.00 bits per heavy atom. The molecule has 0 unspecified atom stereocenters. The molecular weight excluding hydrogens is 286 g/mol. The van der Waals surface area contributed by atoms with Crippen LogP contribution in [0.3, 0.4) is 0 Å². The summed E-state index contributed by atoms with van der Waals surface area (Å²) >= 11 is 0. The third kappa shape index (κ3) is 3.01. The van der Waals surface area contributed by atoms with Crippen molar-refractivity contribution in [2.75, 3.05) is 19.5 Å². The minimum absolute atomic E-state index is 0.0983. The zero-order valence-electron chi connectivity index (χ0n) is 12.1. The van der Waals surface area contributed by atoms with E-state index in [0.29, 0.717) is 17.1 Å². The van der Waals surface area contributed by atoms with E-state index in [9.17, 15) is 14.7 Å². The second-order valence-corrected chi connectivity index (χ2v) is 4.35. The van der Waals surface area contributed by atoms with E-state index in [1.165, 1.54) is 20.3 Å². The van der Waals surface area contributed by atoms with Gasteiger partial charge in [-0.1, -0.05) is 18.2 Å². The Balaban J connectivity index is 2.51. The molecule has 0 aliphatic rings. The maximum atomic E-state index is 12.0. The van der Waals surface area contributed by atoms with E-state index < -0.39 is 11.9 Å². The number of benzene rings is 2. The highest BCUT2D eigenvalue weighted by atomic mass is 16.5. The number of carboxylic acid groups (broad SMARTS) is 1. The zero-order valence-corrected chi connectivity index (χ0v) is 12.1. The van der Waals surface area contributed by atoms with E-state index in [2.05, 4.69) is 5.32 Å². The summed E-state index contributed by atoms with van der Waals surface area (Å²) in [5.41, 5.74) is 1.07. The molecule has 2 N–H and O–H groups in total. The number of methoxy groups -OCH3 is 2. The zero-order chi connectivity index (χ0) is 16.1. The van der Waals surface area contributed by atoms with Crippen molar-refractivity contribution in [1.29, 1.82) is 0 Å². The molecule has 2 aromatic rings. The predicted molar refractivity (Wildman–Crippen MR) is 81.0 cm³/mol. The number of aromatic carboxylic acids is 1. The van der Waals surface area contributed by atoms with Gasteiger partial charge in [-0.2, -0.15) is 0 Å². The van der Waals surface area contributed by atoms with Gasteiger partial charge in [-0.05, 0) is 24.3 Å². The Kier molecular flexibility index (Phi) is 4.63. The summed E-state index contributed by atoms with van der Waals surface area (Å²) in [4.78, 5) is 23.2. The maximum Gasteiger partial charge on any atom is 0.343 e. The number of carbonyl (C=O) groups is 2. The minimum Gasteiger partial charge on any atom is -0.496 e. The minimum atomic E-state index is -1.06. The Morgan fingerprint density at radius 3 is 2.32 bits per heavy atom. The number of hydrogen-bond acceptors (Lipinski definition) is 5. The molecule has 114 valence electrons. The van der Waals surface area contributed by atoms with E-state index >= 15 is 0 Å². The number of carboxylic acids is 1. The van der Waals surface area contributed by atoms with Crippen LogP contribution in [0.5, 0.6) is 5.75 Å². The van der Waals surface area contributed by atoms with Crippen LogP contribution >= 0.6 is 0 Å². The van der Waals surface area contributed by atoms with Crippen molar-refractivity contribution in [2.24, 2.45) is 0 Å². The molecule has 0 bridgehead atoms. The molecule has 6 heteroatoms. The molecule has 0 aliphatic carbocycles. The van der Waals surface area contributed by atoms with Crippen molar-refractivity contribution in [3.63, 3.8) is 0 Å². The van der Waals surface area contributed by atoms with Crippen LogP contribution in [0.25, 0.3) is 0 Å². The average Bonchev–Trinajstić information content (AvgIpc) is 2.54. The first kappa shape index (κ1) is 15.4. The lowest BCUT2D eigenvalue weighted by Crippen LogP contribution is -2.09. The van der Waals surface area contributed by atoms with E-state index in [0.717, 1.165) is 0 Å². The van der Waals surface area contributed by atoms with Gasteiger partial charge in [-0.15, -0.1) is 0 Å². The van der Waals surface area contributed by atoms with Crippen molar-refractivity contribution in [3.8, 4) is 5.75 Å². The van der Waals surface area contributed by atoms with Gasteiger partial charge in [-0.3, -0.25) is 0 Å². The second kappa shape index (κ2) is 6.62. The number of para-hydroxylation sites is 1. The summed E-state index contributed by atoms with van der Waals surface area (Å²) in [5.74, 6) is -1.30. The van der Waals surface area contributed by atoms with Crippen LogP contribution in [0, 0.1) is 0 Å². The molecule has 0 heterocycles. The summed E-state index contributed by atoms with van der Waals surface area (Å²) in [6.07, 6.45) is 0. The topological polar surface area (TPSA) is 84.9 Å². The van der Waals surface area contributed by atoms with Crippen LogP contribution in [0.2, 0.25) is 0 Å².